The average molecular weight is 818 g/mol. The summed E-state index contributed by atoms with van der Waals surface area (Å²) in [5.41, 5.74) is 17.0. The summed E-state index contributed by atoms with van der Waals surface area (Å²) < 4.78 is 2.60. The summed E-state index contributed by atoms with van der Waals surface area (Å²) in [6.45, 7) is 0. The molecule has 2 spiro atoms. The van der Waals surface area contributed by atoms with Crippen molar-refractivity contribution in [2.45, 2.75) is 10.8 Å². The maximum Gasteiger partial charge on any atom is 0.164 e. The second-order valence-electron chi connectivity index (χ2n) is 16.9. The molecule has 0 aliphatic heterocycles. The lowest BCUT2D eigenvalue weighted by Gasteiger charge is -2.49. The number of thiophene rings is 1. The molecule has 9 aromatic carbocycles. The van der Waals surface area contributed by atoms with E-state index in [1.54, 1.807) is 0 Å². The summed E-state index contributed by atoms with van der Waals surface area (Å²) in [5, 5.41) is 2.57. The summed E-state index contributed by atoms with van der Waals surface area (Å²) in [6.07, 6.45) is 0. The zero-order valence-electron chi connectivity index (χ0n) is 34.0. The van der Waals surface area contributed by atoms with Gasteiger partial charge in [0.15, 0.2) is 17.5 Å². The minimum absolute atomic E-state index is 0.550. The normalized spacial score (nSPS) is 14.3. The SMILES string of the molecule is c1ccc(-c2nc(-c3ccccc3)nc(-c3cccc4c3C3(c5ccccc5C5(c6ccccc6-c6ccccc65)c5ccccc53)c3c-4ccc4c3sc3ccccc34)n2)cc1. The first kappa shape index (κ1) is 34.9. The van der Waals surface area contributed by atoms with E-state index in [4.69, 9.17) is 15.0 Å². The number of fused-ring (bicyclic) bond motifs is 20. The van der Waals surface area contributed by atoms with Gasteiger partial charge >= 0.3 is 0 Å². The van der Waals surface area contributed by atoms with Gasteiger partial charge in [-0.05, 0) is 72.8 Å². The van der Waals surface area contributed by atoms with Crippen LogP contribution in [0.3, 0.4) is 0 Å². The molecular weight excluding hydrogens is 783 g/mol. The van der Waals surface area contributed by atoms with Crippen molar-refractivity contribution in [2.24, 2.45) is 0 Å². The first-order valence-corrected chi connectivity index (χ1v) is 22.4. The molecule has 4 heteroatoms. The first-order chi connectivity index (χ1) is 31.3. The van der Waals surface area contributed by atoms with Gasteiger partial charge in [0.1, 0.15) is 0 Å². The predicted octanol–water partition coefficient (Wildman–Crippen LogP) is 14.3. The van der Waals surface area contributed by atoms with Gasteiger partial charge in [0.25, 0.3) is 0 Å². The summed E-state index contributed by atoms with van der Waals surface area (Å²) in [6, 6.07) is 77.9. The Morgan fingerprint density at radius 3 is 1.33 bits per heavy atom. The lowest BCUT2D eigenvalue weighted by atomic mass is 9.52. The van der Waals surface area contributed by atoms with Crippen LogP contribution in [0.25, 0.3) is 76.6 Å². The summed E-state index contributed by atoms with van der Waals surface area (Å²) in [4.78, 5) is 16.0. The van der Waals surface area contributed by atoms with E-state index in [9.17, 15) is 0 Å². The Balaban J connectivity index is 1.17. The predicted molar refractivity (Wildman–Crippen MR) is 257 cm³/mol. The molecule has 3 aliphatic rings. The molecule has 2 heterocycles. The Bertz CT molecular complexity index is 3550. The highest BCUT2D eigenvalue weighted by atomic mass is 32.1. The zero-order chi connectivity index (χ0) is 41.3. The molecule has 0 saturated heterocycles. The fourth-order valence-electron chi connectivity index (χ4n) is 11.7. The maximum absolute atomic E-state index is 5.44. The van der Waals surface area contributed by atoms with Crippen molar-refractivity contribution in [1.29, 1.82) is 0 Å². The van der Waals surface area contributed by atoms with Crippen LogP contribution in [-0.4, -0.2) is 15.0 Å². The lowest BCUT2D eigenvalue weighted by Crippen LogP contribution is -2.44. The van der Waals surface area contributed by atoms with Gasteiger partial charge < -0.3 is 0 Å². The Kier molecular flexibility index (Phi) is 7.12. The van der Waals surface area contributed by atoms with E-state index in [1.165, 1.54) is 86.9 Å². The Morgan fingerprint density at radius 1 is 0.286 bits per heavy atom. The number of benzene rings is 9. The molecule has 0 amide bonds. The van der Waals surface area contributed by atoms with Gasteiger partial charge in [-0.3, -0.25) is 0 Å². The van der Waals surface area contributed by atoms with E-state index >= 15 is 0 Å². The van der Waals surface area contributed by atoms with Crippen LogP contribution in [0, 0.1) is 0 Å². The van der Waals surface area contributed by atoms with Gasteiger partial charge in [0.05, 0.1) is 10.8 Å². The van der Waals surface area contributed by atoms with Gasteiger partial charge in [0, 0.05) is 36.9 Å². The van der Waals surface area contributed by atoms with Crippen LogP contribution >= 0.6 is 11.3 Å². The molecule has 0 saturated carbocycles. The molecule has 63 heavy (non-hydrogen) atoms. The van der Waals surface area contributed by atoms with Crippen LogP contribution in [0.15, 0.2) is 212 Å². The molecule has 0 unspecified atom stereocenters. The highest BCUT2D eigenvalue weighted by Gasteiger charge is 2.60. The molecule has 0 N–H and O–H groups in total. The van der Waals surface area contributed by atoms with E-state index in [0.717, 1.165) is 16.7 Å². The Labute approximate surface area is 368 Å². The zero-order valence-corrected chi connectivity index (χ0v) is 34.8. The van der Waals surface area contributed by atoms with E-state index in [-0.39, 0.29) is 0 Å². The Morgan fingerprint density at radius 2 is 0.730 bits per heavy atom. The van der Waals surface area contributed by atoms with Crippen molar-refractivity contribution in [3.05, 3.63) is 257 Å². The van der Waals surface area contributed by atoms with Crippen LogP contribution in [0.2, 0.25) is 0 Å². The third-order valence-electron chi connectivity index (χ3n) is 14.0. The molecule has 14 rings (SSSR count). The van der Waals surface area contributed by atoms with Crippen LogP contribution in [0.1, 0.15) is 44.5 Å². The molecule has 0 atom stereocenters. The third-order valence-corrected chi connectivity index (χ3v) is 15.2. The fraction of sp³-hybridized carbons (Fsp3) is 0.0339. The van der Waals surface area contributed by atoms with Crippen molar-refractivity contribution in [2.75, 3.05) is 0 Å². The standard InChI is InChI=1S/C59H35N3S/c1-3-18-36(19-4-1)55-60-56(37-20-5-2-6-21-37)62-57(61-55)44-26-17-25-41-42-34-35-43-40-24-9-16-33-51(40)63-54(43)53(42)59(52(41)44)49-31-14-12-29-47(49)58(48-30-13-15-32-50(48)59)45-27-10-7-22-38(45)39-23-8-11-28-46(39)58/h1-35H. The fourth-order valence-corrected chi connectivity index (χ4v) is 13.0. The van der Waals surface area contributed by atoms with Crippen LogP contribution in [0.4, 0.5) is 0 Å². The number of hydrogen-bond acceptors (Lipinski definition) is 4. The van der Waals surface area contributed by atoms with Crippen LogP contribution < -0.4 is 0 Å². The molecule has 0 bridgehead atoms. The van der Waals surface area contributed by atoms with Crippen LogP contribution in [0.5, 0.6) is 0 Å². The van der Waals surface area contributed by atoms with E-state index in [1.807, 2.05) is 47.7 Å². The van der Waals surface area contributed by atoms with E-state index in [0.29, 0.717) is 17.5 Å². The van der Waals surface area contributed by atoms with E-state index in [2.05, 4.69) is 176 Å². The largest absolute Gasteiger partial charge is 0.208 e. The molecule has 3 nitrogen and oxygen atoms in total. The minimum atomic E-state index is -0.751. The van der Waals surface area contributed by atoms with Gasteiger partial charge in [0.2, 0.25) is 0 Å². The Hall–Kier alpha value is -7.79. The van der Waals surface area contributed by atoms with E-state index < -0.39 is 10.8 Å². The number of rotatable bonds is 3. The second-order valence-corrected chi connectivity index (χ2v) is 18.0. The van der Waals surface area contributed by atoms with Gasteiger partial charge in [-0.15, -0.1) is 11.3 Å². The quantitative estimate of drug-likeness (QED) is 0.178. The van der Waals surface area contributed by atoms with Crippen LogP contribution in [-0.2, 0) is 10.8 Å². The molecule has 2 aromatic heterocycles. The molecule has 0 radical (unpaired) electrons. The maximum atomic E-state index is 5.44. The van der Waals surface area contributed by atoms with Crippen molar-refractivity contribution < 1.29 is 0 Å². The summed E-state index contributed by atoms with van der Waals surface area (Å²) in [5.74, 6) is 1.96. The van der Waals surface area contributed by atoms with Gasteiger partial charge in [-0.2, -0.15) is 0 Å². The highest BCUT2D eigenvalue weighted by Crippen LogP contribution is 2.69. The molecule has 11 aromatic rings. The number of hydrogen-bond donors (Lipinski definition) is 0. The molecule has 0 fully saturated rings. The third kappa shape index (κ3) is 4.45. The number of nitrogens with zero attached hydrogens (tertiary/aromatic N) is 3. The summed E-state index contributed by atoms with van der Waals surface area (Å²) >= 11 is 1.92. The van der Waals surface area contributed by atoms with Gasteiger partial charge in [-0.1, -0.05) is 206 Å². The topological polar surface area (TPSA) is 38.7 Å². The first-order valence-electron chi connectivity index (χ1n) is 21.6. The summed E-state index contributed by atoms with van der Waals surface area (Å²) in [7, 11) is 0. The van der Waals surface area contributed by atoms with Crippen molar-refractivity contribution in [3.63, 3.8) is 0 Å². The monoisotopic (exact) mass is 817 g/mol. The van der Waals surface area contributed by atoms with Crippen molar-refractivity contribution in [3.8, 4) is 56.4 Å². The average Bonchev–Trinajstić information content (AvgIpc) is 3.99. The molecule has 292 valence electrons. The number of aromatic nitrogens is 3. The molecular formula is C59H35N3S. The van der Waals surface area contributed by atoms with Gasteiger partial charge in [-0.25, -0.2) is 15.0 Å². The highest BCUT2D eigenvalue weighted by molar-refractivity contribution is 7.26. The lowest BCUT2D eigenvalue weighted by molar-refractivity contribution is 0.636. The minimum Gasteiger partial charge on any atom is -0.208 e. The second kappa shape index (κ2) is 12.9. The van der Waals surface area contributed by atoms with Crippen molar-refractivity contribution >= 4 is 31.5 Å². The smallest absolute Gasteiger partial charge is 0.164 e. The van der Waals surface area contributed by atoms with Crippen molar-refractivity contribution in [1.82, 2.24) is 15.0 Å². The molecule has 3 aliphatic carbocycles.